The largest absolute Gasteiger partial charge is 0.487 e. The Morgan fingerprint density at radius 1 is 1.21 bits per heavy atom. The number of allylic oxidation sites excluding steroid dienone is 1. The van der Waals surface area contributed by atoms with Crippen molar-refractivity contribution in [3.8, 4) is 0 Å². The van der Waals surface area contributed by atoms with Gasteiger partial charge in [0.2, 0.25) is 0 Å². The van der Waals surface area contributed by atoms with Crippen LogP contribution in [0.4, 0.5) is 0 Å². The van der Waals surface area contributed by atoms with Gasteiger partial charge >= 0.3 is 0 Å². The minimum atomic E-state index is -1.31. The van der Waals surface area contributed by atoms with Gasteiger partial charge in [-0.15, -0.1) is 0 Å². The summed E-state index contributed by atoms with van der Waals surface area (Å²) in [6, 6.07) is 0. The molecule has 0 spiro atoms. The first-order chi connectivity index (χ1) is 6.49. The van der Waals surface area contributed by atoms with Crippen LogP contribution >= 0.6 is 0 Å². The molecule has 0 radical (unpaired) electrons. The molecule has 5 nitrogen and oxygen atoms in total. The molecule has 14 heavy (non-hydrogen) atoms. The molecule has 0 aromatic carbocycles. The van der Waals surface area contributed by atoms with Gasteiger partial charge in [0.1, 0.15) is 30.2 Å². The third-order valence-electron chi connectivity index (χ3n) is 2.27. The van der Waals surface area contributed by atoms with E-state index in [0.717, 1.165) is 0 Å². The summed E-state index contributed by atoms with van der Waals surface area (Å²) in [7, 11) is 0. The fraction of sp³-hybridized carbons (Fsp3) is 0.778. The van der Waals surface area contributed by atoms with Crippen molar-refractivity contribution in [2.24, 2.45) is 0 Å². The summed E-state index contributed by atoms with van der Waals surface area (Å²) < 4.78 is 5.16. The highest BCUT2D eigenvalue weighted by Gasteiger charge is 2.41. The third kappa shape index (κ3) is 1.90. The Bertz CT molecular complexity index is 231. The van der Waals surface area contributed by atoms with E-state index in [1.165, 1.54) is 0 Å². The van der Waals surface area contributed by atoms with Crippen LogP contribution in [0.5, 0.6) is 0 Å². The van der Waals surface area contributed by atoms with E-state index in [9.17, 15) is 15.3 Å². The van der Waals surface area contributed by atoms with E-state index < -0.39 is 31.0 Å². The van der Waals surface area contributed by atoms with E-state index in [2.05, 4.69) is 0 Å². The molecular formula is C9H16O5. The van der Waals surface area contributed by atoms with Gasteiger partial charge in [-0.25, -0.2) is 0 Å². The van der Waals surface area contributed by atoms with E-state index in [1.807, 2.05) is 0 Å². The van der Waals surface area contributed by atoms with Gasteiger partial charge in [0.15, 0.2) is 0 Å². The molecule has 1 fully saturated rings. The minimum Gasteiger partial charge on any atom is -0.487 e. The Hall–Kier alpha value is -0.620. The SMILES string of the molecule is CC(C)=C1O[C@H](CO)[C@@H](O)[C@H](O)[C@H]1O. The smallest absolute Gasteiger partial charge is 0.150 e. The van der Waals surface area contributed by atoms with Gasteiger partial charge in [0.05, 0.1) is 6.61 Å². The number of hydrogen-bond acceptors (Lipinski definition) is 5. The van der Waals surface area contributed by atoms with Gasteiger partial charge < -0.3 is 25.2 Å². The van der Waals surface area contributed by atoms with Crippen LogP contribution in [-0.2, 0) is 4.74 Å². The first kappa shape index (κ1) is 11.5. The van der Waals surface area contributed by atoms with Gasteiger partial charge in [-0.1, -0.05) is 0 Å². The van der Waals surface area contributed by atoms with Gasteiger partial charge in [0.25, 0.3) is 0 Å². The molecule has 0 aliphatic carbocycles. The van der Waals surface area contributed by atoms with Crippen LogP contribution in [0.25, 0.3) is 0 Å². The molecule has 5 heteroatoms. The molecule has 0 bridgehead atoms. The molecule has 4 atom stereocenters. The maximum Gasteiger partial charge on any atom is 0.150 e. The number of aliphatic hydroxyl groups excluding tert-OH is 4. The molecule has 82 valence electrons. The van der Waals surface area contributed by atoms with E-state index in [1.54, 1.807) is 13.8 Å². The second-order valence-electron chi connectivity index (χ2n) is 3.63. The van der Waals surface area contributed by atoms with Crippen LogP contribution in [0.15, 0.2) is 11.3 Å². The van der Waals surface area contributed by atoms with Crippen molar-refractivity contribution in [3.05, 3.63) is 11.3 Å². The summed E-state index contributed by atoms with van der Waals surface area (Å²) in [5.74, 6) is 0.224. The zero-order valence-electron chi connectivity index (χ0n) is 8.21. The minimum absolute atomic E-state index is 0.224. The number of ether oxygens (including phenoxy) is 1. The van der Waals surface area contributed by atoms with Crippen LogP contribution in [-0.4, -0.2) is 51.4 Å². The molecule has 1 aliphatic heterocycles. The molecule has 0 unspecified atom stereocenters. The van der Waals surface area contributed by atoms with Crippen LogP contribution in [0.2, 0.25) is 0 Å². The number of rotatable bonds is 1. The lowest BCUT2D eigenvalue weighted by molar-refractivity contribution is -0.165. The highest BCUT2D eigenvalue weighted by Crippen LogP contribution is 2.25. The lowest BCUT2D eigenvalue weighted by Gasteiger charge is -2.37. The van der Waals surface area contributed by atoms with Crippen molar-refractivity contribution in [2.75, 3.05) is 6.61 Å². The maximum absolute atomic E-state index is 9.52. The van der Waals surface area contributed by atoms with Crippen molar-refractivity contribution in [1.29, 1.82) is 0 Å². The molecule has 1 aliphatic rings. The topological polar surface area (TPSA) is 90.2 Å². The van der Waals surface area contributed by atoms with Gasteiger partial charge in [-0.2, -0.15) is 0 Å². The van der Waals surface area contributed by atoms with Crippen molar-refractivity contribution >= 4 is 0 Å². The summed E-state index contributed by atoms with van der Waals surface area (Å²) in [4.78, 5) is 0. The molecule has 1 heterocycles. The molecule has 1 rings (SSSR count). The lowest BCUT2D eigenvalue weighted by atomic mass is 9.96. The summed E-state index contributed by atoms with van der Waals surface area (Å²) in [6.07, 6.45) is -4.68. The maximum atomic E-state index is 9.52. The normalized spacial score (nSPS) is 38.0. The first-order valence-electron chi connectivity index (χ1n) is 4.48. The number of aliphatic hydroxyl groups is 4. The number of hydrogen-bond donors (Lipinski definition) is 4. The van der Waals surface area contributed by atoms with Crippen molar-refractivity contribution in [3.63, 3.8) is 0 Å². The van der Waals surface area contributed by atoms with Crippen LogP contribution in [0.3, 0.4) is 0 Å². The standard InChI is InChI=1S/C9H16O5/c1-4(2)9-8(13)7(12)6(11)5(3-10)14-9/h5-8,10-13H,3H2,1-2H3/t5-,6-,7+,8-/m1/s1. The highest BCUT2D eigenvalue weighted by molar-refractivity contribution is 5.14. The zero-order chi connectivity index (χ0) is 10.9. The van der Waals surface area contributed by atoms with Gasteiger partial charge in [-0.05, 0) is 19.4 Å². The molecule has 0 aromatic heterocycles. The second-order valence-corrected chi connectivity index (χ2v) is 3.63. The van der Waals surface area contributed by atoms with E-state index in [-0.39, 0.29) is 5.76 Å². The quantitative estimate of drug-likeness (QED) is 0.428. The molecule has 0 saturated carbocycles. The van der Waals surface area contributed by atoms with Crippen molar-refractivity contribution in [1.82, 2.24) is 0 Å². The summed E-state index contributed by atoms with van der Waals surface area (Å²) in [5.41, 5.74) is 0.710. The van der Waals surface area contributed by atoms with E-state index >= 15 is 0 Å². The molecule has 0 amide bonds. The second kappa shape index (κ2) is 4.27. The average Bonchev–Trinajstić information content (AvgIpc) is 2.14. The fourth-order valence-electron chi connectivity index (χ4n) is 1.42. The molecule has 1 saturated heterocycles. The summed E-state index contributed by atoms with van der Waals surface area (Å²) in [5, 5.41) is 37.2. The van der Waals surface area contributed by atoms with Crippen molar-refractivity contribution < 1.29 is 25.2 Å². The Morgan fingerprint density at radius 2 is 1.79 bits per heavy atom. The Kier molecular flexibility index (Phi) is 3.49. The Balaban J connectivity index is 2.90. The third-order valence-corrected chi connectivity index (χ3v) is 2.27. The lowest BCUT2D eigenvalue weighted by Crippen LogP contribution is -2.53. The predicted octanol–water partition coefficient (Wildman–Crippen LogP) is -1.25. The van der Waals surface area contributed by atoms with Gasteiger partial charge in [-0.3, -0.25) is 0 Å². The average molecular weight is 204 g/mol. The monoisotopic (exact) mass is 204 g/mol. The summed E-state index contributed by atoms with van der Waals surface area (Å²) in [6.45, 7) is 3.04. The Labute approximate surface area is 82.3 Å². The van der Waals surface area contributed by atoms with Crippen LogP contribution in [0.1, 0.15) is 13.8 Å². The predicted molar refractivity (Wildman–Crippen MR) is 48.4 cm³/mol. The molecule has 4 N–H and O–H groups in total. The summed E-state index contributed by atoms with van der Waals surface area (Å²) >= 11 is 0. The van der Waals surface area contributed by atoms with E-state index in [0.29, 0.717) is 5.57 Å². The highest BCUT2D eigenvalue weighted by atomic mass is 16.5. The van der Waals surface area contributed by atoms with Crippen molar-refractivity contribution in [2.45, 2.75) is 38.3 Å². The molecule has 0 aromatic rings. The van der Waals surface area contributed by atoms with Crippen LogP contribution in [0, 0.1) is 0 Å². The molecular weight excluding hydrogens is 188 g/mol. The van der Waals surface area contributed by atoms with Crippen LogP contribution < -0.4 is 0 Å². The fourth-order valence-corrected chi connectivity index (χ4v) is 1.42. The zero-order valence-corrected chi connectivity index (χ0v) is 8.21. The Morgan fingerprint density at radius 3 is 2.21 bits per heavy atom. The first-order valence-corrected chi connectivity index (χ1v) is 4.48. The van der Waals surface area contributed by atoms with E-state index in [4.69, 9.17) is 9.84 Å². The van der Waals surface area contributed by atoms with Gasteiger partial charge in [0, 0.05) is 0 Å².